The lowest BCUT2D eigenvalue weighted by Gasteiger charge is -2.42. The minimum atomic E-state index is -0.546. The van der Waals surface area contributed by atoms with Gasteiger partial charge in [-0.1, -0.05) is 6.07 Å². The van der Waals surface area contributed by atoms with Gasteiger partial charge in [0.1, 0.15) is 23.4 Å². The van der Waals surface area contributed by atoms with E-state index in [1.54, 1.807) is 7.11 Å². The number of carbonyl (C=O) groups excluding carboxylic acids is 2. The van der Waals surface area contributed by atoms with E-state index in [9.17, 15) is 9.59 Å². The average molecular weight is 662 g/mol. The van der Waals surface area contributed by atoms with Gasteiger partial charge < -0.3 is 33.5 Å². The van der Waals surface area contributed by atoms with Gasteiger partial charge in [-0.2, -0.15) is 5.10 Å². The van der Waals surface area contributed by atoms with Crippen molar-refractivity contribution in [2.24, 2.45) is 0 Å². The lowest BCUT2D eigenvalue weighted by Crippen LogP contribution is -2.53. The minimum Gasteiger partial charge on any atom is -0.467 e. The van der Waals surface area contributed by atoms with Crippen LogP contribution in [0, 0.1) is 0 Å². The molecule has 2 aromatic heterocycles. The van der Waals surface area contributed by atoms with E-state index in [-0.39, 0.29) is 42.9 Å². The van der Waals surface area contributed by atoms with Gasteiger partial charge in [-0.15, -0.1) is 0 Å². The van der Waals surface area contributed by atoms with E-state index in [0.29, 0.717) is 22.7 Å². The summed E-state index contributed by atoms with van der Waals surface area (Å²) in [4.78, 5) is 35.1. The first-order valence-electron chi connectivity index (χ1n) is 16.8. The normalized spacial score (nSPS) is 22.3. The molecule has 1 aromatic carbocycles. The number of hydrogen-bond donors (Lipinski definition) is 0. The predicted molar refractivity (Wildman–Crippen MR) is 180 cm³/mol. The van der Waals surface area contributed by atoms with Crippen LogP contribution >= 0.6 is 0 Å². The summed E-state index contributed by atoms with van der Waals surface area (Å²) in [6.07, 6.45) is 10.1. The van der Waals surface area contributed by atoms with E-state index in [1.165, 1.54) is 7.11 Å². The quantitative estimate of drug-likeness (QED) is 0.187. The number of rotatable bonds is 9. The van der Waals surface area contributed by atoms with Crippen LogP contribution in [-0.2, 0) is 18.9 Å². The van der Waals surface area contributed by atoms with Crippen LogP contribution < -0.4 is 9.64 Å². The zero-order chi connectivity index (χ0) is 34.0. The maximum absolute atomic E-state index is 13.2. The number of benzene rings is 1. The van der Waals surface area contributed by atoms with Gasteiger partial charge in [-0.25, -0.2) is 19.3 Å². The molecule has 0 N–H and O–H groups in total. The van der Waals surface area contributed by atoms with Crippen molar-refractivity contribution in [1.29, 1.82) is 0 Å². The molecular weight excluding hydrogens is 614 g/mol. The first-order chi connectivity index (χ1) is 23.1. The Balaban J connectivity index is 1.26. The molecule has 1 amide bonds. The van der Waals surface area contributed by atoms with Crippen molar-refractivity contribution >= 4 is 17.9 Å². The van der Waals surface area contributed by atoms with E-state index in [2.05, 4.69) is 10.00 Å². The van der Waals surface area contributed by atoms with Crippen molar-refractivity contribution < 1.29 is 33.3 Å². The average Bonchev–Trinajstić information content (AvgIpc) is 3.68. The largest absolute Gasteiger partial charge is 0.467 e. The number of aromatic nitrogens is 3. The molecule has 12 heteroatoms. The first-order valence-corrected chi connectivity index (χ1v) is 16.8. The van der Waals surface area contributed by atoms with Gasteiger partial charge in [-0.3, -0.25) is 0 Å². The maximum Gasteiger partial charge on any atom is 0.410 e. The number of piperidine rings is 1. The Morgan fingerprint density at radius 2 is 1.75 bits per heavy atom. The van der Waals surface area contributed by atoms with Crippen molar-refractivity contribution in [2.75, 3.05) is 39.6 Å². The van der Waals surface area contributed by atoms with Crippen LogP contribution in [0.1, 0.15) is 82.4 Å². The SMILES string of the molecule is COCOc1cc(-c2cnn(C3CCCCO3)c2)ccc1-c1ccc(N(C)C2C[C@H]3CC[C@@H](C2)N3C(=O)OC(C)(C)C)nc1C(=O)OC. The monoisotopic (exact) mass is 661 g/mol. The van der Waals surface area contributed by atoms with Gasteiger partial charge in [0.25, 0.3) is 0 Å². The highest BCUT2D eigenvalue weighted by Crippen LogP contribution is 2.41. The Hall–Kier alpha value is -4.16. The number of amides is 1. The summed E-state index contributed by atoms with van der Waals surface area (Å²) >= 11 is 0. The molecule has 0 spiro atoms. The molecule has 5 heterocycles. The molecule has 2 bridgehead atoms. The van der Waals surface area contributed by atoms with Crippen molar-refractivity contribution in [3.8, 4) is 28.0 Å². The highest BCUT2D eigenvalue weighted by molar-refractivity contribution is 5.97. The van der Waals surface area contributed by atoms with Gasteiger partial charge in [0, 0.05) is 61.8 Å². The molecule has 2 unspecified atom stereocenters. The van der Waals surface area contributed by atoms with Gasteiger partial charge in [-0.05, 0) is 95.5 Å². The third-order valence-electron chi connectivity index (χ3n) is 9.47. The molecule has 258 valence electrons. The molecule has 48 heavy (non-hydrogen) atoms. The van der Waals surface area contributed by atoms with Gasteiger partial charge in [0.2, 0.25) is 0 Å². The van der Waals surface area contributed by atoms with Crippen molar-refractivity contribution in [3.05, 3.63) is 48.4 Å². The summed E-state index contributed by atoms with van der Waals surface area (Å²) in [6.45, 7) is 6.45. The second-order valence-corrected chi connectivity index (χ2v) is 13.9. The molecule has 0 aliphatic carbocycles. The first kappa shape index (κ1) is 33.7. The zero-order valence-electron chi connectivity index (χ0n) is 28.8. The second-order valence-electron chi connectivity index (χ2n) is 13.9. The van der Waals surface area contributed by atoms with Gasteiger partial charge in [0.15, 0.2) is 12.5 Å². The molecule has 0 radical (unpaired) electrons. The molecule has 3 saturated heterocycles. The number of esters is 1. The Bertz CT molecular complexity index is 1600. The summed E-state index contributed by atoms with van der Waals surface area (Å²) in [6, 6.07) is 9.99. The molecule has 6 rings (SSSR count). The molecule has 3 aromatic rings. The summed E-state index contributed by atoms with van der Waals surface area (Å²) in [5.41, 5.74) is 2.75. The van der Waals surface area contributed by atoms with Crippen molar-refractivity contribution in [1.82, 2.24) is 19.7 Å². The zero-order valence-corrected chi connectivity index (χ0v) is 28.8. The Morgan fingerprint density at radius 1 is 1.00 bits per heavy atom. The molecule has 12 nitrogen and oxygen atoms in total. The number of fused-ring (bicyclic) bond motifs is 2. The van der Waals surface area contributed by atoms with E-state index < -0.39 is 11.6 Å². The fraction of sp³-hybridized carbons (Fsp3) is 0.556. The number of carbonyl (C=O) groups is 2. The number of pyridine rings is 1. The van der Waals surface area contributed by atoms with Crippen LogP contribution in [0.4, 0.5) is 10.6 Å². The molecular formula is C36H47N5O7. The fourth-order valence-corrected chi connectivity index (χ4v) is 7.12. The van der Waals surface area contributed by atoms with Crippen LogP contribution in [0.5, 0.6) is 5.75 Å². The van der Waals surface area contributed by atoms with E-state index >= 15 is 0 Å². The molecule has 3 aliphatic heterocycles. The minimum absolute atomic E-state index is 0.0256. The standard InChI is InChI=1S/C36H47N5O7/c1-36(2,3)48-35(43)41-25-11-12-26(41)19-27(18-25)39(4)31-15-14-29(33(38-31)34(42)45-6)28-13-10-23(17-30(28)47-22-44-5)24-20-37-40(21-24)32-9-7-8-16-46-32/h10,13-15,17,20-21,25-27,32H,7-9,11-12,16,18-19,22H2,1-6H3/t25-,26+,27?,32?. The Labute approximate surface area is 282 Å². The second kappa shape index (κ2) is 14.1. The summed E-state index contributed by atoms with van der Waals surface area (Å²) in [5, 5.41) is 4.57. The third-order valence-corrected chi connectivity index (χ3v) is 9.47. The number of ether oxygens (including phenoxy) is 5. The third kappa shape index (κ3) is 7.14. The van der Waals surface area contributed by atoms with Crippen LogP contribution in [-0.4, -0.2) is 90.1 Å². The lowest BCUT2D eigenvalue weighted by atomic mass is 9.96. The van der Waals surface area contributed by atoms with Crippen LogP contribution in [0.2, 0.25) is 0 Å². The number of hydrogen-bond acceptors (Lipinski definition) is 10. The van der Waals surface area contributed by atoms with Crippen LogP contribution in [0.25, 0.3) is 22.3 Å². The molecule has 0 saturated carbocycles. The van der Waals surface area contributed by atoms with E-state index in [4.69, 9.17) is 28.7 Å². The highest BCUT2D eigenvalue weighted by Gasteiger charge is 2.46. The smallest absolute Gasteiger partial charge is 0.410 e. The summed E-state index contributed by atoms with van der Waals surface area (Å²) in [5.74, 6) is 0.647. The molecule has 4 atom stereocenters. The molecule has 3 aliphatic rings. The molecule has 3 fully saturated rings. The number of nitrogens with zero attached hydrogens (tertiary/aromatic N) is 5. The van der Waals surface area contributed by atoms with Crippen molar-refractivity contribution in [3.63, 3.8) is 0 Å². The van der Waals surface area contributed by atoms with Crippen LogP contribution in [0.3, 0.4) is 0 Å². The highest BCUT2D eigenvalue weighted by atomic mass is 16.7. The van der Waals surface area contributed by atoms with E-state index in [0.717, 1.165) is 62.7 Å². The summed E-state index contributed by atoms with van der Waals surface area (Å²) in [7, 11) is 4.91. The fourth-order valence-electron chi connectivity index (χ4n) is 7.12. The summed E-state index contributed by atoms with van der Waals surface area (Å²) < 4.78 is 30.0. The van der Waals surface area contributed by atoms with Crippen molar-refractivity contribution in [2.45, 2.75) is 95.7 Å². The van der Waals surface area contributed by atoms with E-state index in [1.807, 2.05) is 80.1 Å². The number of anilines is 1. The maximum atomic E-state index is 13.2. The van der Waals surface area contributed by atoms with Gasteiger partial charge in [0.05, 0.1) is 13.3 Å². The topological polar surface area (TPSA) is 117 Å². The Morgan fingerprint density at radius 3 is 2.42 bits per heavy atom. The van der Waals surface area contributed by atoms with Crippen LogP contribution in [0.15, 0.2) is 42.7 Å². The predicted octanol–water partition coefficient (Wildman–Crippen LogP) is 6.45. The number of methoxy groups -OCH3 is 2. The Kier molecular flexibility index (Phi) is 9.93. The lowest BCUT2D eigenvalue weighted by molar-refractivity contribution is -0.0394. The van der Waals surface area contributed by atoms with Gasteiger partial charge >= 0.3 is 12.1 Å².